The Hall–Kier alpha value is -4.18. The molecule has 0 fully saturated rings. The predicted molar refractivity (Wildman–Crippen MR) is 259 cm³/mol. The summed E-state index contributed by atoms with van der Waals surface area (Å²) in [5.41, 5.74) is 8.38. The number of aliphatic hydroxyl groups excluding tert-OH is 4. The zero-order valence-corrected chi connectivity index (χ0v) is 46.8. The molecule has 0 unspecified atom stereocenters. The van der Waals surface area contributed by atoms with E-state index in [2.05, 4.69) is 176 Å². The van der Waals surface area contributed by atoms with Crippen molar-refractivity contribution in [3.05, 3.63) is 155 Å². The number of aliphatic hydroxyl groups is 4. The van der Waals surface area contributed by atoms with Crippen molar-refractivity contribution in [2.45, 2.75) is 129 Å². The van der Waals surface area contributed by atoms with Crippen molar-refractivity contribution in [3.8, 4) is 47.4 Å². The summed E-state index contributed by atoms with van der Waals surface area (Å²) < 4.78 is 8.82. The molecule has 70 heavy (non-hydrogen) atoms. The molecule has 0 bridgehead atoms. The van der Waals surface area contributed by atoms with E-state index in [1.54, 1.807) is 0 Å². The SMILES string of the molecule is OCCCc1ccc[n+](CCCC#Cc2cc(C#CCCC[n+]3cccc(CCCO)c3)c(C#CCCC[n+]3cccc(CCCO)c3)cc2C#CCCC[n+]2cccc(CCCO)c2)c1.[Br-].[Br-].[Br-].[Br-]. The number of aromatic nitrogens is 4. The molecule has 5 rings (SSSR count). The number of aryl methyl sites for hydroxylation is 8. The molecule has 0 amide bonds. The molecule has 12 heteroatoms. The maximum absolute atomic E-state index is 9.28. The zero-order chi connectivity index (χ0) is 46.3. The summed E-state index contributed by atoms with van der Waals surface area (Å²) in [6, 6.07) is 20.9. The van der Waals surface area contributed by atoms with Crippen LogP contribution in [0.4, 0.5) is 0 Å². The average molecular weight is 1210 g/mol. The van der Waals surface area contributed by atoms with Gasteiger partial charge in [0.05, 0.1) is 0 Å². The summed E-state index contributed by atoms with van der Waals surface area (Å²) in [7, 11) is 0. The van der Waals surface area contributed by atoms with Gasteiger partial charge in [0.25, 0.3) is 0 Å². The Morgan fingerprint density at radius 2 is 0.557 bits per heavy atom. The maximum Gasteiger partial charge on any atom is 0.171 e. The van der Waals surface area contributed by atoms with Gasteiger partial charge < -0.3 is 88.4 Å². The van der Waals surface area contributed by atoms with E-state index in [4.69, 9.17) is 0 Å². The number of benzene rings is 1. The second kappa shape index (κ2) is 39.4. The van der Waals surface area contributed by atoms with Crippen LogP contribution in [0.25, 0.3) is 0 Å². The minimum absolute atomic E-state index is 0. The molecule has 0 spiro atoms. The first-order valence-corrected chi connectivity index (χ1v) is 24.1. The van der Waals surface area contributed by atoms with E-state index in [0.29, 0.717) is 0 Å². The maximum atomic E-state index is 9.28. The molecule has 0 saturated carbocycles. The lowest BCUT2D eigenvalue weighted by Crippen LogP contribution is -3.00. The van der Waals surface area contributed by atoms with Gasteiger partial charge in [0.2, 0.25) is 0 Å². The van der Waals surface area contributed by atoms with Gasteiger partial charge in [-0.3, -0.25) is 0 Å². The highest BCUT2D eigenvalue weighted by molar-refractivity contribution is 5.61. The van der Waals surface area contributed by atoms with Crippen LogP contribution in [0.15, 0.2) is 110 Å². The van der Waals surface area contributed by atoms with Gasteiger partial charge in [-0.15, -0.1) is 0 Å². The van der Waals surface area contributed by atoms with E-state index < -0.39 is 0 Å². The number of nitrogens with zero attached hydrogens (tertiary/aromatic N) is 4. The minimum atomic E-state index is 0. The van der Waals surface area contributed by atoms with Crippen LogP contribution in [0.5, 0.6) is 0 Å². The molecule has 4 heterocycles. The van der Waals surface area contributed by atoms with Crippen molar-refractivity contribution in [2.24, 2.45) is 0 Å². The van der Waals surface area contributed by atoms with Crippen LogP contribution < -0.4 is 86.2 Å². The highest BCUT2D eigenvalue weighted by atomic mass is 79.9. The summed E-state index contributed by atoms with van der Waals surface area (Å²) in [5, 5.41) is 37.1. The van der Waals surface area contributed by atoms with Gasteiger partial charge in [-0.2, -0.15) is 0 Å². The highest BCUT2D eigenvalue weighted by Gasteiger charge is 2.09. The molecular weight excluding hydrogens is 1140 g/mol. The molecule has 8 nitrogen and oxygen atoms in total. The van der Waals surface area contributed by atoms with Crippen LogP contribution in [0, 0.1) is 47.4 Å². The summed E-state index contributed by atoms with van der Waals surface area (Å²) in [5.74, 6) is 27.8. The van der Waals surface area contributed by atoms with Gasteiger partial charge >= 0.3 is 0 Å². The summed E-state index contributed by atoms with van der Waals surface area (Å²) in [6.45, 7) is 4.23. The summed E-state index contributed by atoms with van der Waals surface area (Å²) >= 11 is 0. The van der Waals surface area contributed by atoms with E-state index in [-0.39, 0.29) is 94.4 Å². The van der Waals surface area contributed by atoms with Gasteiger partial charge in [-0.05, 0) is 87.8 Å². The van der Waals surface area contributed by atoms with Crippen LogP contribution in [0.3, 0.4) is 0 Å². The van der Waals surface area contributed by atoms with E-state index in [1.165, 1.54) is 22.3 Å². The zero-order valence-electron chi connectivity index (χ0n) is 40.5. The van der Waals surface area contributed by atoms with Crippen molar-refractivity contribution in [2.75, 3.05) is 26.4 Å². The van der Waals surface area contributed by atoms with Gasteiger partial charge in [-0.25, -0.2) is 18.3 Å². The van der Waals surface area contributed by atoms with Gasteiger partial charge in [0.1, 0.15) is 26.2 Å². The molecular formula is C58H70Br4N4O4. The molecule has 0 saturated heterocycles. The van der Waals surface area contributed by atoms with Crippen LogP contribution >= 0.6 is 0 Å². The molecule has 0 aliphatic rings. The molecule has 374 valence electrons. The van der Waals surface area contributed by atoms with Crippen molar-refractivity contribution < 1.29 is 107 Å². The van der Waals surface area contributed by atoms with E-state index >= 15 is 0 Å². The molecule has 0 aliphatic heterocycles. The fourth-order valence-corrected chi connectivity index (χ4v) is 7.63. The third kappa shape index (κ3) is 25.3. The molecule has 0 aliphatic carbocycles. The number of hydrogen-bond acceptors (Lipinski definition) is 4. The second-order valence-electron chi connectivity index (χ2n) is 16.7. The van der Waals surface area contributed by atoms with Gasteiger partial charge in [0.15, 0.2) is 49.6 Å². The molecule has 5 aromatic rings. The Morgan fingerprint density at radius 3 is 0.771 bits per heavy atom. The third-order valence-electron chi connectivity index (χ3n) is 11.1. The van der Waals surface area contributed by atoms with Crippen molar-refractivity contribution in [3.63, 3.8) is 0 Å². The third-order valence-corrected chi connectivity index (χ3v) is 11.1. The average Bonchev–Trinajstić information content (AvgIpc) is 3.34. The van der Waals surface area contributed by atoms with Crippen molar-refractivity contribution in [1.29, 1.82) is 0 Å². The number of rotatable bonds is 24. The van der Waals surface area contributed by atoms with E-state index in [9.17, 15) is 20.4 Å². The molecule has 4 N–H and O–H groups in total. The minimum Gasteiger partial charge on any atom is -1.00 e. The van der Waals surface area contributed by atoms with Crippen molar-refractivity contribution in [1.82, 2.24) is 0 Å². The second-order valence-corrected chi connectivity index (χ2v) is 16.7. The molecule has 0 atom stereocenters. The lowest BCUT2D eigenvalue weighted by atomic mass is 9.98. The summed E-state index contributed by atoms with van der Waals surface area (Å²) in [4.78, 5) is 0. The fraction of sp³-hybridized carbons (Fsp3) is 0.414. The largest absolute Gasteiger partial charge is 1.00 e. The van der Waals surface area contributed by atoms with Crippen LogP contribution in [0.2, 0.25) is 0 Å². The number of unbranched alkanes of at least 4 members (excludes halogenated alkanes) is 4. The smallest absolute Gasteiger partial charge is 0.171 e. The number of halogens is 4. The molecule has 4 aromatic heterocycles. The molecule has 1 aromatic carbocycles. The first-order valence-electron chi connectivity index (χ1n) is 24.1. The Bertz CT molecular complexity index is 2180. The van der Waals surface area contributed by atoms with Crippen LogP contribution in [-0.2, 0) is 51.9 Å². The Kier molecular flexibility index (Phi) is 36.0. The topological polar surface area (TPSA) is 96.4 Å². The lowest BCUT2D eigenvalue weighted by molar-refractivity contribution is -0.697. The van der Waals surface area contributed by atoms with Crippen LogP contribution in [0.1, 0.15) is 122 Å². The van der Waals surface area contributed by atoms with Crippen LogP contribution in [-0.4, -0.2) is 46.9 Å². The Balaban J connectivity index is 0.00000612. The predicted octanol–water partition coefficient (Wildman–Crippen LogP) is -6.12. The van der Waals surface area contributed by atoms with Gasteiger partial charge in [0, 0.05) is 147 Å². The van der Waals surface area contributed by atoms with Gasteiger partial charge in [-0.1, -0.05) is 47.4 Å². The monoisotopic (exact) mass is 1200 g/mol. The normalized spacial score (nSPS) is 9.89. The summed E-state index contributed by atoms with van der Waals surface area (Å²) in [6.07, 6.45) is 30.1. The quantitative estimate of drug-likeness (QED) is 0.0282. The number of pyridine rings is 4. The standard InChI is InChI=1S/C58H70N4O4.4BrH/c63-41-17-25-51-21-13-37-59(47-51)33-9-1-5-29-55-45-57(31-7-3-11-35-61-39-15-23-53(49-61)27-19-43-65)58(32-8-4-12-36-62-40-16-24-54(50-62)28-20-44-66)46-56(55)30-6-2-10-34-60-38-14-22-52(48-60)26-18-42-64;;;;/h13-16,21-24,37-40,45-50,63-66H,1-4,9-12,17-20,25-28,33-36,41-44H2;4*1H/q+4;;;;/p-4. The first-order chi connectivity index (χ1) is 32.6. The van der Waals surface area contributed by atoms with Crippen molar-refractivity contribution >= 4 is 0 Å². The van der Waals surface area contributed by atoms with E-state index in [1.807, 2.05) is 0 Å². The van der Waals surface area contributed by atoms with E-state index in [0.717, 1.165) is 151 Å². The Labute approximate surface area is 460 Å². The first kappa shape index (κ1) is 63.8. The number of hydrogen-bond donors (Lipinski definition) is 4. The highest BCUT2D eigenvalue weighted by Crippen LogP contribution is 2.17. The Morgan fingerprint density at radius 1 is 0.329 bits per heavy atom. The molecule has 0 radical (unpaired) electrons. The lowest BCUT2D eigenvalue weighted by Gasteiger charge is -2.04. The fourth-order valence-electron chi connectivity index (χ4n) is 7.63.